The second-order valence-electron chi connectivity index (χ2n) is 7.33. The molecule has 2 aliphatic rings. The molecule has 0 bridgehead atoms. The Morgan fingerprint density at radius 2 is 1.93 bits per heavy atom. The van der Waals surface area contributed by atoms with Gasteiger partial charge in [0.15, 0.2) is 0 Å². The predicted molar refractivity (Wildman–Crippen MR) is 102 cm³/mol. The molecule has 1 saturated heterocycles. The largest absolute Gasteiger partial charge is 0.465 e. The highest BCUT2D eigenvalue weighted by atomic mass is 32.2. The molecule has 0 radical (unpaired) electrons. The van der Waals surface area contributed by atoms with Crippen LogP contribution < -0.4 is 5.32 Å². The summed E-state index contributed by atoms with van der Waals surface area (Å²) in [7, 11) is -3.28. The van der Waals surface area contributed by atoms with Crippen molar-refractivity contribution in [3.05, 3.63) is 29.8 Å². The monoisotopic (exact) mass is 394 g/mol. The summed E-state index contributed by atoms with van der Waals surface area (Å²) in [6.45, 7) is 2.84. The van der Waals surface area contributed by atoms with Gasteiger partial charge >= 0.3 is 5.97 Å². The Morgan fingerprint density at radius 3 is 2.48 bits per heavy atom. The van der Waals surface area contributed by atoms with Crippen molar-refractivity contribution >= 4 is 27.6 Å². The molecule has 1 saturated carbocycles. The van der Waals surface area contributed by atoms with Crippen molar-refractivity contribution in [3.8, 4) is 0 Å². The maximum absolute atomic E-state index is 12.5. The number of ether oxygens (including phenoxy) is 1. The van der Waals surface area contributed by atoms with Crippen LogP contribution in [-0.2, 0) is 29.8 Å². The SMILES string of the molecule is CCOC(=O)C1(c2ccc(NC(=O)[C@H]3CCCN(S(C)(=O)=O)C3)cc2)CC1. The molecule has 1 atom stereocenters. The van der Waals surface area contributed by atoms with Crippen LogP contribution in [0.2, 0.25) is 0 Å². The number of hydrogen-bond acceptors (Lipinski definition) is 5. The van der Waals surface area contributed by atoms with E-state index in [1.165, 1.54) is 10.6 Å². The van der Waals surface area contributed by atoms with Gasteiger partial charge in [0.2, 0.25) is 15.9 Å². The topological polar surface area (TPSA) is 92.8 Å². The highest BCUT2D eigenvalue weighted by molar-refractivity contribution is 7.88. The fourth-order valence-electron chi connectivity index (χ4n) is 3.58. The normalized spacial score (nSPS) is 22.1. The molecule has 3 rings (SSSR count). The van der Waals surface area contributed by atoms with Gasteiger partial charge in [0, 0.05) is 18.8 Å². The van der Waals surface area contributed by atoms with E-state index in [2.05, 4.69) is 5.32 Å². The van der Waals surface area contributed by atoms with Crippen LogP contribution in [-0.4, -0.2) is 50.6 Å². The molecular formula is C19H26N2O5S. The van der Waals surface area contributed by atoms with Gasteiger partial charge in [-0.1, -0.05) is 12.1 Å². The molecule has 1 N–H and O–H groups in total. The van der Waals surface area contributed by atoms with Crippen LogP contribution in [0, 0.1) is 5.92 Å². The van der Waals surface area contributed by atoms with Gasteiger partial charge in [0.05, 0.1) is 24.2 Å². The molecule has 7 nitrogen and oxygen atoms in total. The summed E-state index contributed by atoms with van der Waals surface area (Å²) < 4.78 is 30.0. The molecule has 0 spiro atoms. The summed E-state index contributed by atoms with van der Waals surface area (Å²) in [6.07, 6.45) is 4.07. The Kier molecular flexibility index (Phi) is 5.58. The van der Waals surface area contributed by atoms with Crippen molar-refractivity contribution in [2.75, 3.05) is 31.3 Å². The van der Waals surface area contributed by atoms with Gasteiger partial charge < -0.3 is 10.1 Å². The second kappa shape index (κ2) is 7.59. The first-order valence-corrected chi connectivity index (χ1v) is 11.1. The van der Waals surface area contributed by atoms with E-state index in [1.807, 2.05) is 12.1 Å². The third-order valence-corrected chi connectivity index (χ3v) is 6.61. The first kappa shape index (κ1) is 19.8. The van der Waals surface area contributed by atoms with Crippen molar-refractivity contribution in [3.63, 3.8) is 0 Å². The Bertz CT molecular complexity index is 815. The van der Waals surface area contributed by atoms with Crippen molar-refractivity contribution in [1.82, 2.24) is 4.31 Å². The lowest BCUT2D eigenvalue weighted by molar-refractivity contribution is -0.146. The molecule has 148 valence electrons. The molecule has 8 heteroatoms. The number of piperidine rings is 1. The van der Waals surface area contributed by atoms with Gasteiger partial charge in [-0.05, 0) is 50.3 Å². The molecule has 2 fully saturated rings. The van der Waals surface area contributed by atoms with E-state index in [-0.39, 0.29) is 24.3 Å². The molecule has 0 unspecified atom stereocenters. The van der Waals surface area contributed by atoms with Crippen LogP contribution in [0.25, 0.3) is 0 Å². The average Bonchev–Trinajstić information content (AvgIpc) is 3.44. The summed E-state index contributed by atoms with van der Waals surface area (Å²) in [6, 6.07) is 7.26. The lowest BCUT2D eigenvalue weighted by Gasteiger charge is -2.30. The number of benzene rings is 1. The molecule has 1 aliphatic heterocycles. The summed E-state index contributed by atoms with van der Waals surface area (Å²) in [5, 5.41) is 2.86. The maximum atomic E-state index is 12.5. The van der Waals surface area contributed by atoms with Crippen LogP contribution in [0.3, 0.4) is 0 Å². The van der Waals surface area contributed by atoms with Crippen molar-refractivity contribution in [2.45, 2.75) is 38.0 Å². The number of nitrogens with zero attached hydrogens (tertiary/aromatic N) is 1. The number of anilines is 1. The minimum Gasteiger partial charge on any atom is -0.465 e. The Hall–Kier alpha value is -1.93. The minimum absolute atomic E-state index is 0.178. The van der Waals surface area contributed by atoms with Crippen LogP contribution in [0.4, 0.5) is 5.69 Å². The maximum Gasteiger partial charge on any atom is 0.316 e. The summed E-state index contributed by atoms with van der Waals surface area (Å²) in [5.74, 6) is -0.727. The number of amides is 1. The van der Waals surface area contributed by atoms with E-state index in [0.717, 1.165) is 18.4 Å². The van der Waals surface area contributed by atoms with Gasteiger partial charge in [0.25, 0.3) is 0 Å². The van der Waals surface area contributed by atoms with E-state index in [9.17, 15) is 18.0 Å². The summed E-state index contributed by atoms with van der Waals surface area (Å²) >= 11 is 0. The third kappa shape index (κ3) is 4.32. The zero-order chi connectivity index (χ0) is 19.7. The number of rotatable bonds is 6. The number of hydrogen-bond donors (Lipinski definition) is 1. The van der Waals surface area contributed by atoms with E-state index >= 15 is 0 Å². The zero-order valence-corrected chi connectivity index (χ0v) is 16.5. The molecule has 1 aliphatic carbocycles. The lowest BCUT2D eigenvalue weighted by atomic mass is 9.95. The third-order valence-electron chi connectivity index (χ3n) is 5.35. The zero-order valence-electron chi connectivity index (χ0n) is 15.7. The van der Waals surface area contributed by atoms with Gasteiger partial charge in [-0.3, -0.25) is 9.59 Å². The molecule has 1 amide bonds. The van der Waals surface area contributed by atoms with E-state index < -0.39 is 15.4 Å². The van der Waals surface area contributed by atoms with Gasteiger partial charge in [-0.25, -0.2) is 12.7 Å². The fraction of sp³-hybridized carbons (Fsp3) is 0.579. The molecule has 1 aromatic rings. The first-order chi connectivity index (χ1) is 12.8. The number of nitrogens with one attached hydrogen (secondary N) is 1. The molecule has 27 heavy (non-hydrogen) atoms. The van der Waals surface area contributed by atoms with Crippen molar-refractivity contribution in [2.24, 2.45) is 5.92 Å². The van der Waals surface area contributed by atoms with Crippen LogP contribution >= 0.6 is 0 Å². The number of carbonyl (C=O) groups is 2. The summed E-state index contributed by atoms with van der Waals surface area (Å²) in [4.78, 5) is 24.7. The molecular weight excluding hydrogens is 368 g/mol. The quantitative estimate of drug-likeness (QED) is 0.744. The smallest absolute Gasteiger partial charge is 0.316 e. The van der Waals surface area contributed by atoms with Crippen molar-refractivity contribution < 1.29 is 22.7 Å². The number of esters is 1. The molecule has 1 aromatic carbocycles. The lowest BCUT2D eigenvalue weighted by Crippen LogP contribution is -2.43. The Balaban J connectivity index is 1.63. The highest BCUT2D eigenvalue weighted by Gasteiger charge is 2.52. The molecule has 0 aromatic heterocycles. The van der Waals surface area contributed by atoms with Gasteiger partial charge in [-0.2, -0.15) is 0 Å². The highest BCUT2D eigenvalue weighted by Crippen LogP contribution is 2.49. The number of sulfonamides is 1. The Labute approximate surface area is 160 Å². The average molecular weight is 394 g/mol. The Morgan fingerprint density at radius 1 is 1.26 bits per heavy atom. The van der Waals surface area contributed by atoms with E-state index in [1.54, 1.807) is 19.1 Å². The number of carbonyl (C=O) groups excluding carboxylic acids is 2. The first-order valence-electron chi connectivity index (χ1n) is 9.30. The van der Waals surface area contributed by atoms with Crippen LogP contribution in [0.15, 0.2) is 24.3 Å². The van der Waals surface area contributed by atoms with Gasteiger partial charge in [0.1, 0.15) is 0 Å². The minimum atomic E-state index is -3.28. The van der Waals surface area contributed by atoms with Crippen LogP contribution in [0.1, 0.15) is 38.2 Å². The van der Waals surface area contributed by atoms with Crippen molar-refractivity contribution in [1.29, 1.82) is 0 Å². The fourth-order valence-corrected chi connectivity index (χ4v) is 4.49. The predicted octanol–water partition coefficient (Wildman–Crippen LogP) is 1.89. The summed E-state index contributed by atoms with van der Waals surface area (Å²) in [5.41, 5.74) is 1.01. The standard InChI is InChI=1S/C19H26N2O5S/c1-3-26-18(23)19(10-11-19)15-6-8-16(9-7-15)20-17(22)14-5-4-12-21(13-14)27(2,24)25/h6-9,14H,3-5,10-13H2,1-2H3,(H,20,22)/t14-/m0/s1. The van der Waals surface area contributed by atoms with E-state index in [0.29, 0.717) is 31.7 Å². The van der Waals surface area contributed by atoms with Crippen LogP contribution in [0.5, 0.6) is 0 Å². The van der Waals surface area contributed by atoms with Gasteiger partial charge in [-0.15, -0.1) is 0 Å². The second-order valence-corrected chi connectivity index (χ2v) is 9.31. The molecule has 1 heterocycles. The van der Waals surface area contributed by atoms with E-state index in [4.69, 9.17) is 4.74 Å².